The number of carbonyl (C=O) groups excluding carboxylic acids is 1. The number of rotatable bonds is 7. The number of nitriles is 1. The minimum absolute atomic E-state index is 0.0460. The second-order valence-electron chi connectivity index (χ2n) is 8.85. The molecular formula is C27H22N6O5. The minimum atomic E-state index is -0.416. The highest BCUT2D eigenvalue weighted by atomic mass is 16.6. The maximum Gasteiger partial charge on any atom is 0.293 e. The van der Waals surface area contributed by atoms with Gasteiger partial charge in [-0.1, -0.05) is 11.2 Å². The van der Waals surface area contributed by atoms with E-state index in [1.165, 1.54) is 12.1 Å². The lowest BCUT2D eigenvalue weighted by atomic mass is 10.1. The maximum atomic E-state index is 12.0. The fourth-order valence-electron chi connectivity index (χ4n) is 4.42. The van der Waals surface area contributed by atoms with Gasteiger partial charge in [-0.3, -0.25) is 19.8 Å². The van der Waals surface area contributed by atoms with E-state index in [0.29, 0.717) is 67.2 Å². The molecular weight excluding hydrogens is 488 g/mol. The summed E-state index contributed by atoms with van der Waals surface area (Å²) in [7, 11) is 0. The highest BCUT2D eigenvalue weighted by Gasteiger charge is 2.25. The van der Waals surface area contributed by atoms with Crippen LogP contribution in [0.5, 0.6) is 5.75 Å². The van der Waals surface area contributed by atoms with E-state index in [4.69, 9.17) is 9.78 Å². The molecule has 3 aromatic carbocycles. The van der Waals surface area contributed by atoms with Crippen molar-refractivity contribution < 1.29 is 19.3 Å². The molecule has 1 N–H and O–H groups in total. The summed E-state index contributed by atoms with van der Waals surface area (Å²) in [6.07, 6.45) is 0.627. The third-order valence-corrected chi connectivity index (χ3v) is 6.46. The van der Waals surface area contributed by atoms with Gasteiger partial charge in [0.25, 0.3) is 11.6 Å². The van der Waals surface area contributed by atoms with Crippen molar-refractivity contribution in [1.82, 2.24) is 15.0 Å². The molecule has 11 nitrogen and oxygen atoms in total. The third kappa shape index (κ3) is 5.07. The first-order valence-electron chi connectivity index (χ1n) is 11.8. The van der Waals surface area contributed by atoms with Gasteiger partial charge in [-0.2, -0.15) is 10.2 Å². The summed E-state index contributed by atoms with van der Waals surface area (Å²) >= 11 is 0. The molecule has 1 aliphatic heterocycles. The molecule has 2 heterocycles. The number of carbonyl (C=O) groups is 1. The van der Waals surface area contributed by atoms with E-state index in [0.717, 1.165) is 5.56 Å². The molecule has 5 rings (SSSR count). The number of hydrogen-bond donors (Lipinski definition) is 1. The Morgan fingerprint density at radius 2 is 1.79 bits per heavy atom. The Balaban J connectivity index is 1.30. The first kappa shape index (κ1) is 24.6. The Hall–Kier alpha value is -5.08. The molecule has 38 heavy (non-hydrogen) atoms. The molecule has 0 amide bonds. The number of benzene rings is 3. The van der Waals surface area contributed by atoms with Gasteiger partial charge in [-0.15, -0.1) is 0 Å². The van der Waals surface area contributed by atoms with Gasteiger partial charge in [-0.25, -0.2) is 0 Å². The van der Waals surface area contributed by atoms with Crippen LogP contribution in [0.4, 0.5) is 11.4 Å². The number of nitro benzene ring substituents is 1. The fraction of sp³-hybridized carbons (Fsp3) is 0.185. The first-order chi connectivity index (χ1) is 18.4. The number of phenolic OH excluding ortho intramolecular Hbond substituents is 1. The van der Waals surface area contributed by atoms with Crippen LogP contribution < -0.4 is 4.90 Å². The zero-order chi connectivity index (χ0) is 26.6. The summed E-state index contributed by atoms with van der Waals surface area (Å²) in [6.45, 7) is 3.13. The topological polar surface area (TPSA) is 150 Å². The molecule has 1 aliphatic rings. The molecule has 0 bridgehead atoms. The molecule has 0 aliphatic carbocycles. The lowest BCUT2D eigenvalue weighted by Gasteiger charge is -2.35. The Bertz CT molecular complexity index is 1530. The summed E-state index contributed by atoms with van der Waals surface area (Å²) in [5.41, 5.74) is 3.23. The van der Waals surface area contributed by atoms with E-state index in [2.05, 4.69) is 21.1 Å². The Kier molecular flexibility index (Phi) is 6.80. The van der Waals surface area contributed by atoms with Crippen molar-refractivity contribution >= 4 is 17.7 Å². The SMILES string of the molecule is N#Cc1ccc(-c2noc(-c3ccc(N4CCN(Cc5ccc(O)c(C=O)c5)CC4)c([N+](=O)[O-])c3)n2)cc1. The number of phenols is 1. The lowest BCUT2D eigenvalue weighted by Crippen LogP contribution is -2.46. The van der Waals surface area contributed by atoms with E-state index in [9.17, 15) is 20.0 Å². The molecule has 0 saturated carbocycles. The van der Waals surface area contributed by atoms with Crippen molar-refractivity contribution in [3.05, 3.63) is 87.5 Å². The number of aromatic nitrogens is 2. The van der Waals surface area contributed by atoms with Gasteiger partial charge < -0.3 is 14.5 Å². The molecule has 0 unspecified atom stereocenters. The van der Waals surface area contributed by atoms with Crippen LogP contribution in [0.1, 0.15) is 21.5 Å². The van der Waals surface area contributed by atoms with E-state index in [1.54, 1.807) is 48.5 Å². The summed E-state index contributed by atoms with van der Waals surface area (Å²) in [6, 6.07) is 18.6. The van der Waals surface area contributed by atoms with Crippen LogP contribution in [0.2, 0.25) is 0 Å². The van der Waals surface area contributed by atoms with E-state index in [1.807, 2.05) is 4.90 Å². The normalized spacial score (nSPS) is 13.7. The van der Waals surface area contributed by atoms with Crippen LogP contribution in [-0.2, 0) is 6.54 Å². The summed E-state index contributed by atoms with van der Waals surface area (Å²) in [5, 5.41) is 34.6. The molecule has 4 aromatic rings. The van der Waals surface area contributed by atoms with E-state index in [-0.39, 0.29) is 22.9 Å². The number of hydrogen-bond acceptors (Lipinski definition) is 10. The highest BCUT2D eigenvalue weighted by molar-refractivity contribution is 5.79. The molecule has 1 saturated heterocycles. The van der Waals surface area contributed by atoms with Gasteiger partial charge in [0.2, 0.25) is 5.82 Å². The summed E-state index contributed by atoms with van der Waals surface area (Å²) < 4.78 is 5.37. The third-order valence-electron chi connectivity index (χ3n) is 6.46. The predicted octanol–water partition coefficient (Wildman–Crippen LogP) is 4.02. The molecule has 0 spiro atoms. The standard InChI is InChI=1S/C27H22N6O5/c28-15-18-1-4-20(5-2-18)26-29-27(38-30-26)21-6-7-23(24(14-21)33(36)37)32-11-9-31(10-12-32)16-19-3-8-25(35)22(13-19)17-34/h1-8,13-14,17,35H,9-12,16H2. The molecule has 1 aromatic heterocycles. The van der Waals surface area contributed by atoms with Crippen LogP contribution in [-0.4, -0.2) is 57.5 Å². The van der Waals surface area contributed by atoms with Gasteiger partial charge in [0, 0.05) is 49.9 Å². The van der Waals surface area contributed by atoms with Crippen molar-refractivity contribution in [2.45, 2.75) is 6.54 Å². The Labute approximate surface area is 217 Å². The summed E-state index contributed by atoms with van der Waals surface area (Å²) in [5.74, 6) is 0.434. The number of anilines is 1. The Morgan fingerprint density at radius 1 is 1.05 bits per heavy atom. The number of aldehydes is 1. The predicted molar refractivity (Wildman–Crippen MR) is 138 cm³/mol. The second kappa shape index (κ2) is 10.5. The van der Waals surface area contributed by atoms with Gasteiger partial charge in [0.1, 0.15) is 11.4 Å². The van der Waals surface area contributed by atoms with Gasteiger partial charge in [-0.05, 0) is 54.1 Å². The highest BCUT2D eigenvalue weighted by Crippen LogP contribution is 2.34. The average molecular weight is 511 g/mol. The molecule has 0 radical (unpaired) electrons. The number of piperazine rings is 1. The van der Waals surface area contributed by atoms with Crippen LogP contribution in [0, 0.1) is 21.4 Å². The fourth-order valence-corrected chi connectivity index (χ4v) is 4.42. The zero-order valence-electron chi connectivity index (χ0n) is 20.1. The number of nitrogens with zero attached hydrogens (tertiary/aromatic N) is 6. The zero-order valence-corrected chi connectivity index (χ0v) is 20.1. The first-order valence-corrected chi connectivity index (χ1v) is 11.8. The van der Waals surface area contributed by atoms with Crippen molar-refractivity contribution in [3.8, 4) is 34.7 Å². The van der Waals surface area contributed by atoms with Gasteiger partial charge in [0.15, 0.2) is 6.29 Å². The second-order valence-corrected chi connectivity index (χ2v) is 8.85. The van der Waals surface area contributed by atoms with Crippen LogP contribution in [0.3, 0.4) is 0 Å². The molecule has 1 fully saturated rings. The van der Waals surface area contributed by atoms with Crippen molar-refractivity contribution in [3.63, 3.8) is 0 Å². The summed E-state index contributed by atoms with van der Waals surface area (Å²) in [4.78, 5) is 31.2. The van der Waals surface area contributed by atoms with E-state index < -0.39 is 4.92 Å². The van der Waals surface area contributed by atoms with Gasteiger partial charge in [0.05, 0.1) is 22.1 Å². The number of nitro groups is 1. The Morgan fingerprint density at radius 3 is 2.47 bits per heavy atom. The minimum Gasteiger partial charge on any atom is -0.507 e. The smallest absolute Gasteiger partial charge is 0.293 e. The average Bonchev–Trinajstić information content (AvgIpc) is 3.45. The van der Waals surface area contributed by atoms with Crippen molar-refractivity contribution in [1.29, 1.82) is 5.26 Å². The van der Waals surface area contributed by atoms with E-state index >= 15 is 0 Å². The molecule has 0 atom stereocenters. The van der Waals surface area contributed by atoms with Crippen molar-refractivity contribution in [2.75, 3.05) is 31.1 Å². The lowest BCUT2D eigenvalue weighted by molar-refractivity contribution is -0.384. The largest absolute Gasteiger partial charge is 0.507 e. The molecule has 11 heteroatoms. The van der Waals surface area contributed by atoms with Crippen molar-refractivity contribution in [2.24, 2.45) is 0 Å². The van der Waals surface area contributed by atoms with Crippen LogP contribution >= 0.6 is 0 Å². The van der Waals surface area contributed by atoms with Crippen LogP contribution in [0.25, 0.3) is 22.8 Å². The van der Waals surface area contributed by atoms with Gasteiger partial charge >= 0.3 is 0 Å². The quantitative estimate of drug-likeness (QED) is 0.219. The molecule has 190 valence electrons. The van der Waals surface area contributed by atoms with Crippen LogP contribution in [0.15, 0.2) is 65.2 Å². The number of aromatic hydroxyl groups is 1. The monoisotopic (exact) mass is 510 g/mol. The maximum absolute atomic E-state index is 12.0.